The number of nitrogens with zero attached hydrogens (tertiary/aromatic N) is 1. The molecular weight excluding hydrogens is 277 g/mol. The van der Waals surface area contributed by atoms with E-state index >= 15 is 0 Å². The lowest BCUT2D eigenvalue weighted by molar-refractivity contribution is -0.182. The van der Waals surface area contributed by atoms with Crippen molar-refractivity contribution in [3.8, 4) is 0 Å². The summed E-state index contributed by atoms with van der Waals surface area (Å²) in [5.74, 6) is -1.07. The van der Waals surface area contributed by atoms with E-state index in [4.69, 9.17) is 0 Å². The average molecular weight is 306 g/mol. The van der Waals surface area contributed by atoms with Gasteiger partial charge in [0.2, 0.25) is 0 Å². The van der Waals surface area contributed by atoms with Crippen molar-refractivity contribution in [3.05, 3.63) is 0 Å². The number of likely N-dealkylation sites (tertiary alicyclic amines) is 1. The Hall–Kier alpha value is -0.290. The van der Waals surface area contributed by atoms with Crippen LogP contribution < -0.4 is 5.32 Å². The Labute approximate surface area is 126 Å². The molecule has 0 aromatic carbocycles. The second-order valence-corrected chi connectivity index (χ2v) is 6.68. The maximum absolute atomic E-state index is 12.7. The molecule has 0 amide bonds. The van der Waals surface area contributed by atoms with Crippen molar-refractivity contribution in [3.63, 3.8) is 0 Å². The summed E-state index contributed by atoms with van der Waals surface area (Å²) in [4.78, 5) is 2.55. The van der Waals surface area contributed by atoms with Gasteiger partial charge < -0.3 is 5.32 Å². The van der Waals surface area contributed by atoms with E-state index in [0.29, 0.717) is 31.7 Å². The van der Waals surface area contributed by atoms with Gasteiger partial charge in [-0.2, -0.15) is 13.2 Å². The molecule has 2 fully saturated rings. The zero-order valence-electron chi connectivity index (χ0n) is 13.1. The molecule has 1 saturated carbocycles. The summed E-state index contributed by atoms with van der Waals surface area (Å²) in [6.45, 7) is 5.48. The topological polar surface area (TPSA) is 15.3 Å². The monoisotopic (exact) mass is 306 g/mol. The molecule has 21 heavy (non-hydrogen) atoms. The number of piperidine rings is 1. The van der Waals surface area contributed by atoms with E-state index in [1.807, 2.05) is 0 Å². The Balaban J connectivity index is 1.71. The second kappa shape index (κ2) is 7.82. The Morgan fingerprint density at radius 3 is 2.38 bits per heavy atom. The molecule has 0 aromatic rings. The van der Waals surface area contributed by atoms with E-state index in [0.717, 1.165) is 13.1 Å². The predicted octanol–water partition coefficient (Wildman–Crippen LogP) is 3.96. The predicted molar refractivity (Wildman–Crippen MR) is 79.3 cm³/mol. The van der Waals surface area contributed by atoms with Crippen molar-refractivity contribution in [2.24, 2.45) is 5.92 Å². The van der Waals surface area contributed by atoms with Gasteiger partial charge in [-0.15, -0.1) is 0 Å². The van der Waals surface area contributed by atoms with Crippen LogP contribution in [-0.4, -0.2) is 42.8 Å². The summed E-state index contributed by atoms with van der Waals surface area (Å²) in [6.07, 6.45) is 2.91. The highest BCUT2D eigenvalue weighted by Crippen LogP contribution is 2.37. The first-order chi connectivity index (χ1) is 10.0. The molecule has 1 atom stereocenters. The van der Waals surface area contributed by atoms with E-state index in [2.05, 4.69) is 17.1 Å². The van der Waals surface area contributed by atoms with E-state index in [9.17, 15) is 13.2 Å². The number of alkyl halides is 3. The largest absolute Gasteiger partial charge is 0.391 e. The first kappa shape index (κ1) is 17.1. The fourth-order valence-electron chi connectivity index (χ4n) is 3.80. The second-order valence-electron chi connectivity index (χ2n) is 6.68. The molecule has 1 N–H and O–H groups in total. The lowest BCUT2D eigenvalue weighted by Crippen LogP contribution is -2.48. The van der Waals surface area contributed by atoms with Crippen molar-refractivity contribution in [1.29, 1.82) is 0 Å². The minimum Gasteiger partial charge on any atom is -0.312 e. The van der Waals surface area contributed by atoms with Crippen molar-refractivity contribution in [2.45, 2.75) is 76.6 Å². The van der Waals surface area contributed by atoms with Gasteiger partial charge in [0.1, 0.15) is 0 Å². The molecule has 1 aliphatic heterocycles. The third-order valence-corrected chi connectivity index (χ3v) is 5.09. The minimum atomic E-state index is -3.99. The molecule has 5 heteroatoms. The van der Waals surface area contributed by atoms with Crippen LogP contribution in [-0.2, 0) is 0 Å². The molecule has 1 heterocycles. The SMILES string of the molecule is CCCN1CCCCC1CNC1CCC(C(F)(F)F)CC1. The van der Waals surface area contributed by atoms with Crippen LogP contribution in [0.3, 0.4) is 0 Å². The molecule has 2 rings (SSSR count). The summed E-state index contributed by atoms with van der Waals surface area (Å²) < 4.78 is 38.0. The number of hydrogen-bond donors (Lipinski definition) is 1. The maximum Gasteiger partial charge on any atom is 0.391 e. The molecule has 2 nitrogen and oxygen atoms in total. The van der Waals surface area contributed by atoms with E-state index in [-0.39, 0.29) is 6.04 Å². The van der Waals surface area contributed by atoms with Crippen molar-refractivity contribution >= 4 is 0 Å². The van der Waals surface area contributed by atoms with Gasteiger partial charge in [-0.1, -0.05) is 13.3 Å². The standard InChI is InChI=1S/C16H29F3N2/c1-2-10-21-11-4-3-5-15(21)12-20-14-8-6-13(7-9-14)16(17,18)19/h13-15,20H,2-12H2,1H3. The van der Waals surface area contributed by atoms with Crippen molar-refractivity contribution < 1.29 is 13.2 Å². The van der Waals surface area contributed by atoms with Crippen LogP contribution in [0.2, 0.25) is 0 Å². The van der Waals surface area contributed by atoms with Gasteiger partial charge in [0.25, 0.3) is 0 Å². The normalized spacial score (nSPS) is 32.3. The molecule has 1 saturated heterocycles. The zero-order valence-corrected chi connectivity index (χ0v) is 13.1. The Morgan fingerprint density at radius 1 is 1.05 bits per heavy atom. The minimum absolute atomic E-state index is 0.286. The summed E-state index contributed by atoms with van der Waals surface area (Å²) in [5.41, 5.74) is 0. The highest BCUT2D eigenvalue weighted by Gasteiger charge is 2.41. The molecule has 1 unspecified atom stereocenters. The van der Waals surface area contributed by atoms with Crippen LogP contribution in [0.15, 0.2) is 0 Å². The summed E-state index contributed by atoms with van der Waals surface area (Å²) in [6, 6.07) is 0.869. The third kappa shape index (κ3) is 5.13. The highest BCUT2D eigenvalue weighted by atomic mass is 19.4. The molecule has 0 spiro atoms. The van der Waals surface area contributed by atoms with Crippen LogP contribution >= 0.6 is 0 Å². The first-order valence-corrected chi connectivity index (χ1v) is 8.55. The van der Waals surface area contributed by atoms with Crippen molar-refractivity contribution in [1.82, 2.24) is 10.2 Å². The third-order valence-electron chi connectivity index (χ3n) is 5.09. The zero-order chi connectivity index (χ0) is 15.3. The Morgan fingerprint density at radius 2 is 1.76 bits per heavy atom. The molecule has 0 aromatic heterocycles. The van der Waals surface area contributed by atoms with E-state index in [1.54, 1.807) is 0 Å². The molecule has 0 radical (unpaired) electrons. The van der Waals surface area contributed by atoms with Crippen molar-refractivity contribution in [2.75, 3.05) is 19.6 Å². The van der Waals surface area contributed by atoms with Gasteiger partial charge in [-0.05, 0) is 58.0 Å². The number of hydrogen-bond acceptors (Lipinski definition) is 2. The van der Waals surface area contributed by atoms with Crippen LogP contribution in [0, 0.1) is 5.92 Å². The maximum atomic E-state index is 12.7. The molecule has 0 bridgehead atoms. The van der Waals surface area contributed by atoms with Crippen LogP contribution in [0.1, 0.15) is 58.3 Å². The summed E-state index contributed by atoms with van der Waals surface area (Å²) in [7, 11) is 0. The van der Waals surface area contributed by atoms with E-state index in [1.165, 1.54) is 32.2 Å². The lowest BCUT2D eigenvalue weighted by atomic mass is 9.85. The van der Waals surface area contributed by atoms with Gasteiger partial charge in [0.05, 0.1) is 5.92 Å². The van der Waals surface area contributed by atoms with Gasteiger partial charge in [-0.3, -0.25) is 4.90 Å². The van der Waals surface area contributed by atoms with Crippen LogP contribution in [0.25, 0.3) is 0 Å². The lowest BCUT2D eigenvalue weighted by Gasteiger charge is -2.37. The number of halogens is 3. The molecule has 2 aliphatic rings. The van der Waals surface area contributed by atoms with Crippen LogP contribution in [0.4, 0.5) is 13.2 Å². The number of nitrogens with one attached hydrogen (secondary N) is 1. The molecular formula is C16H29F3N2. The fourth-order valence-corrected chi connectivity index (χ4v) is 3.80. The fraction of sp³-hybridized carbons (Fsp3) is 1.00. The molecule has 1 aliphatic carbocycles. The quantitative estimate of drug-likeness (QED) is 0.827. The van der Waals surface area contributed by atoms with Gasteiger partial charge in [0.15, 0.2) is 0 Å². The van der Waals surface area contributed by atoms with Gasteiger partial charge >= 0.3 is 6.18 Å². The molecule has 124 valence electrons. The Kier molecular flexibility index (Phi) is 6.35. The number of rotatable bonds is 5. The highest BCUT2D eigenvalue weighted by molar-refractivity contribution is 4.84. The Bertz CT molecular complexity index is 296. The smallest absolute Gasteiger partial charge is 0.312 e. The first-order valence-electron chi connectivity index (χ1n) is 8.55. The van der Waals surface area contributed by atoms with E-state index < -0.39 is 12.1 Å². The van der Waals surface area contributed by atoms with Crippen LogP contribution in [0.5, 0.6) is 0 Å². The average Bonchev–Trinajstić information content (AvgIpc) is 2.46. The summed E-state index contributed by atoms with van der Waals surface area (Å²) in [5, 5.41) is 3.54. The van der Waals surface area contributed by atoms with Gasteiger partial charge in [0, 0.05) is 18.6 Å². The summed E-state index contributed by atoms with van der Waals surface area (Å²) >= 11 is 0. The van der Waals surface area contributed by atoms with Gasteiger partial charge in [-0.25, -0.2) is 0 Å².